The lowest BCUT2D eigenvalue weighted by Gasteiger charge is -2.22. The van der Waals surface area contributed by atoms with E-state index in [1.807, 2.05) is 30.9 Å². The largest absolute Gasteiger partial charge is 0.370 e. The van der Waals surface area contributed by atoms with Gasteiger partial charge in [0.1, 0.15) is 0 Å². The molecule has 0 atom stereocenters. The zero-order valence-electron chi connectivity index (χ0n) is 10.0. The summed E-state index contributed by atoms with van der Waals surface area (Å²) < 4.78 is 0. The molecule has 17 heavy (non-hydrogen) atoms. The number of hydrogen-bond acceptors (Lipinski definition) is 2. The summed E-state index contributed by atoms with van der Waals surface area (Å²) in [5.41, 5.74) is 15.7. The summed E-state index contributed by atoms with van der Waals surface area (Å²) in [7, 11) is 0. The number of rotatable bonds is 4. The minimum atomic E-state index is 0.466. The molecule has 0 radical (unpaired) electrons. The van der Waals surface area contributed by atoms with Crippen LogP contribution in [0, 0.1) is 0 Å². The molecule has 0 aliphatic heterocycles. The maximum atomic E-state index is 8.40. The first kappa shape index (κ1) is 12.9. The molecule has 1 rings (SSSR count). The number of nitrogens with zero attached hydrogens (tertiary/aromatic N) is 5. The Morgan fingerprint density at radius 1 is 1.47 bits per heavy atom. The molecule has 1 aromatic rings. The van der Waals surface area contributed by atoms with E-state index in [-0.39, 0.29) is 0 Å². The van der Waals surface area contributed by atoms with E-state index < -0.39 is 0 Å². The summed E-state index contributed by atoms with van der Waals surface area (Å²) in [6.07, 6.45) is 0. The maximum Gasteiger partial charge on any atom is 0.195 e. The van der Waals surface area contributed by atoms with Crippen molar-refractivity contribution < 1.29 is 0 Å². The van der Waals surface area contributed by atoms with Crippen molar-refractivity contribution in [3.63, 3.8) is 0 Å². The van der Waals surface area contributed by atoms with Gasteiger partial charge < -0.3 is 10.6 Å². The Morgan fingerprint density at radius 2 is 2.24 bits per heavy atom. The molecule has 6 nitrogen and oxygen atoms in total. The van der Waals surface area contributed by atoms with Gasteiger partial charge in [0.05, 0.1) is 0 Å². The van der Waals surface area contributed by atoms with Crippen LogP contribution in [0.4, 0.5) is 11.4 Å². The van der Waals surface area contributed by atoms with Crippen LogP contribution in [0.15, 0.2) is 34.4 Å². The van der Waals surface area contributed by atoms with Crippen molar-refractivity contribution in [3.05, 3.63) is 34.7 Å². The topological polar surface area (TPSA) is 90.4 Å². The second-order valence-corrected chi connectivity index (χ2v) is 3.29. The fraction of sp³-hybridized carbons (Fsp3) is 0.364. The number of aliphatic imine (C=N–C) groups is 1. The second kappa shape index (κ2) is 6.40. The van der Waals surface area contributed by atoms with Crippen LogP contribution in [0.2, 0.25) is 0 Å². The number of azide groups is 1. The van der Waals surface area contributed by atoms with E-state index in [9.17, 15) is 0 Å². The normalized spacial score (nSPS) is 10.8. The molecule has 0 spiro atoms. The third-order valence-electron chi connectivity index (χ3n) is 2.21. The van der Waals surface area contributed by atoms with Gasteiger partial charge in [0.25, 0.3) is 0 Å². The van der Waals surface area contributed by atoms with Gasteiger partial charge in [0.15, 0.2) is 5.96 Å². The van der Waals surface area contributed by atoms with E-state index in [4.69, 9.17) is 11.3 Å². The van der Waals surface area contributed by atoms with Gasteiger partial charge >= 0.3 is 0 Å². The average molecular weight is 232 g/mol. The Kier molecular flexibility index (Phi) is 4.84. The van der Waals surface area contributed by atoms with Crippen LogP contribution in [0.5, 0.6) is 0 Å². The number of anilines is 1. The molecule has 0 unspecified atom stereocenters. The molecule has 0 saturated heterocycles. The van der Waals surface area contributed by atoms with E-state index >= 15 is 0 Å². The average Bonchev–Trinajstić information content (AvgIpc) is 2.31. The molecule has 0 bridgehead atoms. The smallest absolute Gasteiger partial charge is 0.195 e. The minimum absolute atomic E-state index is 0.466. The fourth-order valence-corrected chi connectivity index (χ4v) is 1.50. The molecule has 0 saturated carbocycles. The minimum Gasteiger partial charge on any atom is -0.370 e. The molecule has 0 fully saturated rings. The Balaban J connectivity index is 3.07. The van der Waals surface area contributed by atoms with Gasteiger partial charge in [-0.3, -0.25) is 4.99 Å². The first-order chi connectivity index (χ1) is 8.22. The Labute approximate surface area is 100 Å². The first-order valence-electron chi connectivity index (χ1n) is 5.45. The standard InChI is InChI=1S/C11H16N6/c1-3-14-11(12)17(4-2)10-7-5-6-9(8-10)15-16-13/h5-8H,3-4H2,1-2H3,(H2,12,14). The molecule has 6 heteroatoms. The summed E-state index contributed by atoms with van der Waals surface area (Å²) in [4.78, 5) is 8.78. The molecule has 0 heterocycles. The molecule has 0 aliphatic carbocycles. The van der Waals surface area contributed by atoms with Crippen LogP contribution in [0.25, 0.3) is 10.4 Å². The van der Waals surface area contributed by atoms with Crippen molar-refractivity contribution in [1.82, 2.24) is 0 Å². The zero-order valence-corrected chi connectivity index (χ0v) is 10.0. The van der Waals surface area contributed by atoms with Gasteiger partial charge in [-0.05, 0) is 31.5 Å². The van der Waals surface area contributed by atoms with Gasteiger partial charge in [-0.2, -0.15) is 0 Å². The molecular weight excluding hydrogens is 216 g/mol. The highest BCUT2D eigenvalue weighted by Gasteiger charge is 2.08. The summed E-state index contributed by atoms with van der Waals surface area (Å²) in [5, 5.41) is 3.56. The lowest BCUT2D eigenvalue weighted by atomic mass is 10.2. The monoisotopic (exact) mass is 232 g/mol. The zero-order chi connectivity index (χ0) is 12.7. The molecule has 90 valence electrons. The number of hydrogen-bond donors (Lipinski definition) is 1. The van der Waals surface area contributed by atoms with Crippen LogP contribution in [-0.2, 0) is 0 Å². The van der Waals surface area contributed by atoms with Gasteiger partial charge in [-0.1, -0.05) is 17.2 Å². The predicted octanol–water partition coefficient (Wildman–Crippen LogP) is 2.79. The summed E-state index contributed by atoms with van der Waals surface area (Å²) >= 11 is 0. The molecule has 1 aromatic carbocycles. The van der Waals surface area contributed by atoms with Crippen molar-refractivity contribution in [2.75, 3.05) is 18.0 Å². The Morgan fingerprint density at radius 3 is 2.82 bits per heavy atom. The first-order valence-corrected chi connectivity index (χ1v) is 5.45. The number of guanidine groups is 1. The van der Waals surface area contributed by atoms with E-state index in [0.29, 0.717) is 24.7 Å². The highest BCUT2D eigenvalue weighted by atomic mass is 15.3. The maximum absolute atomic E-state index is 8.40. The summed E-state index contributed by atoms with van der Waals surface area (Å²) in [6, 6.07) is 7.24. The van der Waals surface area contributed by atoms with Crippen LogP contribution in [0.1, 0.15) is 13.8 Å². The van der Waals surface area contributed by atoms with Crippen molar-refractivity contribution in [2.45, 2.75) is 13.8 Å². The van der Waals surface area contributed by atoms with E-state index in [1.54, 1.807) is 12.1 Å². The van der Waals surface area contributed by atoms with E-state index in [2.05, 4.69) is 15.0 Å². The molecule has 0 aliphatic rings. The lowest BCUT2D eigenvalue weighted by Crippen LogP contribution is -2.37. The van der Waals surface area contributed by atoms with Gasteiger partial charge in [-0.25, -0.2) is 0 Å². The van der Waals surface area contributed by atoms with E-state index in [1.165, 1.54) is 0 Å². The van der Waals surface area contributed by atoms with Gasteiger partial charge in [0, 0.05) is 29.4 Å². The molecule has 0 aromatic heterocycles. The van der Waals surface area contributed by atoms with Crippen LogP contribution in [0.3, 0.4) is 0 Å². The summed E-state index contributed by atoms with van der Waals surface area (Å²) in [6.45, 7) is 5.25. The summed E-state index contributed by atoms with van der Waals surface area (Å²) in [5.74, 6) is 0.466. The predicted molar refractivity (Wildman–Crippen MR) is 70.4 cm³/mol. The third-order valence-corrected chi connectivity index (χ3v) is 2.21. The highest BCUT2D eigenvalue weighted by Crippen LogP contribution is 2.21. The van der Waals surface area contributed by atoms with Crippen LogP contribution >= 0.6 is 0 Å². The van der Waals surface area contributed by atoms with E-state index in [0.717, 1.165) is 5.69 Å². The lowest BCUT2D eigenvalue weighted by molar-refractivity contribution is 1.01. The Bertz CT molecular complexity index is 447. The fourth-order valence-electron chi connectivity index (χ4n) is 1.50. The van der Waals surface area contributed by atoms with Crippen molar-refractivity contribution in [2.24, 2.45) is 15.8 Å². The SMILES string of the molecule is CCN=C(N)N(CC)c1cccc(N=[N+]=[N-])c1. The number of benzene rings is 1. The van der Waals surface area contributed by atoms with Gasteiger partial charge in [-0.15, -0.1) is 0 Å². The second-order valence-electron chi connectivity index (χ2n) is 3.29. The van der Waals surface area contributed by atoms with Crippen molar-refractivity contribution >= 4 is 17.3 Å². The molecular formula is C11H16N6. The molecule has 0 amide bonds. The van der Waals surface area contributed by atoms with Crippen molar-refractivity contribution in [3.8, 4) is 0 Å². The van der Waals surface area contributed by atoms with Crippen molar-refractivity contribution in [1.29, 1.82) is 0 Å². The quantitative estimate of drug-likeness (QED) is 0.284. The Hall–Kier alpha value is -2.20. The number of nitrogens with two attached hydrogens (primary N) is 1. The highest BCUT2D eigenvalue weighted by molar-refractivity contribution is 5.95. The van der Waals surface area contributed by atoms with Gasteiger partial charge in [0.2, 0.25) is 0 Å². The third kappa shape index (κ3) is 3.39. The molecule has 2 N–H and O–H groups in total. The van der Waals surface area contributed by atoms with Crippen LogP contribution in [-0.4, -0.2) is 19.0 Å². The van der Waals surface area contributed by atoms with Crippen LogP contribution < -0.4 is 10.6 Å².